The summed E-state index contributed by atoms with van der Waals surface area (Å²) in [5.41, 5.74) is 9.45. The third-order valence-electron chi connectivity index (χ3n) is 3.30. The molecule has 4 nitrogen and oxygen atoms in total. The molecule has 1 aromatic heterocycles. The van der Waals surface area contributed by atoms with Gasteiger partial charge in [-0.15, -0.1) is 11.3 Å². The van der Waals surface area contributed by atoms with Crippen molar-refractivity contribution in [2.24, 2.45) is 5.73 Å². The second-order valence-corrected chi connectivity index (χ2v) is 6.90. The molecule has 0 amide bonds. The molecular formula is C12H21BrN4S. The highest BCUT2D eigenvalue weighted by molar-refractivity contribution is 9.10. The lowest BCUT2D eigenvalue weighted by molar-refractivity contribution is 0.0886. The molecule has 6 heteroatoms. The molecule has 2 heterocycles. The van der Waals surface area contributed by atoms with Crippen LogP contribution in [0.5, 0.6) is 0 Å². The van der Waals surface area contributed by atoms with Gasteiger partial charge in [0.05, 0.1) is 6.04 Å². The maximum Gasteiger partial charge on any atom is 0.0680 e. The van der Waals surface area contributed by atoms with Crippen molar-refractivity contribution in [2.45, 2.75) is 13.0 Å². The van der Waals surface area contributed by atoms with Crippen LogP contribution in [-0.4, -0.2) is 49.7 Å². The van der Waals surface area contributed by atoms with Gasteiger partial charge in [-0.1, -0.05) is 0 Å². The van der Waals surface area contributed by atoms with E-state index >= 15 is 0 Å². The number of piperazine rings is 1. The number of hydrogen-bond acceptors (Lipinski definition) is 5. The van der Waals surface area contributed by atoms with Gasteiger partial charge in [-0.2, -0.15) is 0 Å². The molecule has 1 fully saturated rings. The van der Waals surface area contributed by atoms with Crippen LogP contribution < -0.4 is 11.2 Å². The van der Waals surface area contributed by atoms with Gasteiger partial charge in [0.25, 0.3) is 0 Å². The number of aryl methyl sites for hydroxylation is 1. The Morgan fingerprint density at radius 2 is 2.11 bits per heavy atom. The van der Waals surface area contributed by atoms with Crippen LogP contribution in [0.4, 0.5) is 0 Å². The first kappa shape index (κ1) is 14.4. The highest BCUT2D eigenvalue weighted by atomic mass is 79.9. The quantitative estimate of drug-likeness (QED) is 0.878. The van der Waals surface area contributed by atoms with Crippen molar-refractivity contribution in [1.82, 2.24) is 15.3 Å². The van der Waals surface area contributed by atoms with Crippen LogP contribution in [0.15, 0.2) is 10.5 Å². The number of rotatable bonds is 4. The second-order valence-electron chi connectivity index (χ2n) is 4.76. The molecule has 3 N–H and O–H groups in total. The molecule has 18 heavy (non-hydrogen) atoms. The van der Waals surface area contributed by atoms with Gasteiger partial charge in [-0.25, -0.2) is 10.4 Å². The van der Waals surface area contributed by atoms with Crippen LogP contribution in [0.1, 0.15) is 15.8 Å². The van der Waals surface area contributed by atoms with E-state index in [0.717, 1.165) is 26.2 Å². The van der Waals surface area contributed by atoms with E-state index in [1.165, 1.54) is 14.2 Å². The highest BCUT2D eigenvalue weighted by Crippen LogP contribution is 2.30. The number of hydrogen-bond donors (Lipinski definition) is 2. The predicted molar refractivity (Wildman–Crippen MR) is 80.8 cm³/mol. The first-order chi connectivity index (χ1) is 8.60. The maximum atomic E-state index is 5.90. The van der Waals surface area contributed by atoms with Crippen molar-refractivity contribution >= 4 is 27.3 Å². The maximum absolute atomic E-state index is 5.90. The zero-order chi connectivity index (χ0) is 13.1. The van der Waals surface area contributed by atoms with E-state index in [-0.39, 0.29) is 6.04 Å². The Balaban J connectivity index is 1.97. The molecule has 0 aliphatic carbocycles. The molecule has 1 unspecified atom stereocenters. The standard InChI is InChI=1S/C12H21BrN4S/c1-9-10(13)7-12(18-9)11(8-14)15-17-5-3-16(2)4-6-17/h7,11,15H,3-6,8,14H2,1-2H3. The number of likely N-dealkylation sites (N-methyl/N-ethyl adjacent to an activating group) is 1. The first-order valence-electron chi connectivity index (χ1n) is 6.25. The fraction of sp³-hybridized carbons (Fsp3) is 0.667. The largest absolute Gasteiger partial charge is 0.329 e. The minimum atomic E-state index is 0.225. The fourth-order valence-corrected chi connectivity index (χ4v) is 3.66. The monoisotopic (exact) mass is 332 g/mol. The van der Waals surface area contributed by atoms with Gasteiger partial charge in [0, 0.05) is 47.0 Å². The smallest absolute Gasteiger partial charge is 0.0680 e. The zero-order valence-corrected chi connectivity index (χ0v) is 13.4. The third kappa shape index (κ3) is 3.53. The van der Waals surface area contributed by atoms with Gasteiger partial charge in [0.1, 0.15) is 0 Å². The minimum Gasteiger partial charge on any atom is -0.329 e. The molecule has 102 valence electrons. The number of halogens is 1. The second kappa shape index (κ2) is 6.45. The summed E-state index contributed by atoms with van der Waals surface area (Å²) in [6, 6.07) is 2.41. The molecule has 0 saturated carbocycles. The highest BCUT2D eigenvalue weighted by Gasteiger charge is 2.19. The molecule has 1 aliphatic heterocycles. The zero-order valence-electron chi connectivity index (χ0n) is 10.9. The van der Waals surface area contributed by atoms with Crippen molar-refractivity contribution in [1.29, 1.82) is 0 Å². The summed E-state index contributed by atoms with van der Waals surface area (Å²) in [7, 11) is 2.16. The van der Waals surface area contributed by atoms with Crippen LogP contribution in [0, 0.1) is 6.92 Å². The number of hydrazine groups is 1. The summed E-state index contributed by atoms with van der Waals surface area (Å²) in [5.74, 6) is 0. The van der Waals surface area contributed by atoms with Gasteiger partial charge < -0.3 is 10.6 Å². The van der Waals surface area contributed by atoms with Gasteiger partial charge in [0.15, 0.2) is 0 Å². The van der Waals surface area contributed by atoms with E-state index in [0.29, 0.717) is 6.54 Å². The van der Waals surface area contributed by atoms with Crippen molar-refractivity contribution in [2.75, 3.05) is 39.8 Å². The number of nitrogens with zero attached hydrogens (tertiary/aromatic N) is 2. The SMILES string of the molecule is Cc1sc(C(CN)NN2CCN(C)CC2)cc1Br. The van der Waals surface area contributed by atoms with E-state index < -0.39 is 0 Å². The summed E-state index contributed by atoms with van der Waals surface area (Å²) < 4.78 is 1.18. The molecule has 1 aromatic rings. The fourth-order valence-electron chi connectivity index (χ4n) is 2.04. The van der Waals surface area contributed by atoms with E-state index in [2.05, 4.69) is 51.3 Å². The summed E-state index contributed by atoms with van der Waals surface area (Å²) >= 11 is 5.38. The van der Waals surface area contributed by atoms with Crippen LogP contribution in [0.3, 0.4) is 0 Å². The Labute approximate surface area is 121 Å². The molecule has 0 bridgehead atoms. The van der Waals surface area contributed by atoms with E-state index in [9.17, 15) is 0 Å². The van der Waals surface area contributed by atoms with Crippen LogP contribution >= 0.6 is 27.3 Å². The van der Waals surface area contributed by atoms with Gasteiger partial charge in [-0.05, 0) is 36.0 Å². The van der Waals surface area contributed by atoms with E-state index in [4.69, 9.17) is 5.73 Å². The number of thiophene rings is 1. The molecule has 0 aromatic carbocycles. The predicted octanol–water partition coefficient (Wildman–Crippen LogP) is 1.57. The van der Waals surface area contributed by atoms with Crippen LogP contribution in [0.2, 0.25) is 0 Å². The lowest BCUT2D eigenvalue weighted by Gasteiger charge is -2.35. The van der Waals surface area contributed by atoms with Crippen LogP contribution in [0.25, 0.3) is 0 Å². The Morgan fingerprint density at radius 1 is 1.44 bits per heavy atom. The lowest BCUT2D eigenvalue weighted by Crippen LogP contribution is -2.52. The van der Waals surface area contributed by atoms with Gasteiger partial charge >= 0.3 is 0 Å². The Kier molecular flexibility index (Phi) is 5.17. The lowest BCUT2D eigenvalue weighted by atomic mass is 10.2. The van der Waals surface area contributed by atoms with Gasteiger partial charge in [0.2, 0.25) is 0 Å². The Morgan fingerprint density at radius 3 is 2.61 bits per heavy atom. The molecule has 1 saturated heterocycles. The molecule has 0 spiro atoms. The molecule has 1 atom stereocenters. The first-order valence-corrected chi connectivity index (χ1v) is 7.86. The van der Waals surface area contributed by atoms with E-state index in [1.807, 2.05) is 11.3 Å². The van der Waals surface area contributed by atoms with Crippen molar-refractivity contribution in [3.05, 3.63) is 20.3 Å². The summed E-state index contributed by atoms with van der Waals surface area (Å²) in [6.07, 6.45) is 0. The summed E-state index contributed by atoms with van der Waals surface area (Å²) in [5, 5.41) is 2.29. The minimum absolute atomic E-state index is 0.225. The molecule has 2 rings (SSSR count). The topological polar surface area (TPSA) is 44.5 Å². The average molecular weight is 333 g/mol. The Bertz CT molecular complexity index is 368. The Hall–Kier alpha value is 0.0200. The molecule has 1 aliphatic rings. The molecular weight excluding hydrogens is 312 g/mol. The van der Waals surface area contributed by atoms with Gasteiger partial charge in [-0.3, -0.25) is 0 Å². The summed E-state index contributed by atoms with van der Waals surface area (Å²) in [6.45, 7) is 7.08. The van der Waals surface area contributed by atoms with Crippen molar-refractivity contribution in [3.8, 4) is 0 Å². The van der Waals surface area contributed by atoms with Crippen molar-refractivity contribution in [3.63, 3.8) is 0 Å². The third-order valence-corrected chi connectivity index (χ3v) is 5.55. The summed E-state index contributed by atoms with van der Waals surface area (Å²) in [4.78, 5) is 4.96. The number of nitrogens with one attached hydrogen (secondary N) is 1. The van der Waals surface area contributed by atoms with Crippen molar-refractivity contribution < 1.29 is 0 Å². The number of nitrogens with two attached hydrogens (primary N) is 1. The van der Waals surface area contributed by atoms with E-state index in [1.54, 1.807) is 0 Å². The average Bonchev–Trinajstić information content (AvgIpc) is 2.69. The normalized spacial score (nSPS) is 20.2. The molecule has 0 radical (unpaired) electrons. The van der Waals surface area contributed by atoms with Crippen LogP contribution in [-0.2, 0) is 0 Å².